The van der Waals surface area contributed by atoms with Crippen LogP contribution in [0, 0.1) is 17.5 Å². The molecule has 11 heteroatoms. The Bertz CT molecular complexity index is 1230. The number of aliphatic hydroxyl groups excluding tert-OH is 1. The molecule has 3 rings (SSSR count). The molecule has 0 saturated carbocycles. The van der Waals surface area contributed by atoms with Crippen molar-refractivity contribution in [2.75, 3.05) is 6.61 Å². The molecule has 0 radical (unpaired) electrons. The van der Waals surface area contributed by atoms with Gasteiger partial charge in [0.05, 0.1) is 11.6 Å². The molecule has 0 unspecified atom stereocenters. The molecule has 3 aromatic rings. The van der Waals surface area contributed by atoms with Gasteiger partial charge in [0.1, 0.15) is 35.4 Å². The van der Waals surface area contributed by atoms with Crippen molar-refractivity contribution in [1.82, 2.24) is 15.1 Å². The van der Waals surface area contributed by atoms with Crippen LogP contribution in [0.1, 0.15) is 34.6 Å². The summed E-state index contributed by atoms with van der Waals surface area (Å²) in [6, 6.07) is 6.27. The first kappa shape index (κ1) is 23.1. The van der Waals surface area contributed by atoms with Crippen LogP contribution in [-0.4, -0.2) is 27.4 Å². The standard InChI is InChI=1S/C21H16F5N3O3/c1-11(13-3-2-4-14(19(13)24)21(25,26)10-30)27-20(32)16-7-8-18(31)29(28-16)17-9-12(22)5-6-15(17)23/h2-9,11,30H,10H2,1H3,(H,27,32)/t11-/m1/s1. The van der Waals surface area contributed by atoms with E-state index in [2.05, 4.69) is 10.4 Å². The highest BCUT2D eigenvalue weighted by molar-refractivity contribution is 5.92. The van der Waals surface area contributed by atoms with Crippen molar-refractivity contribution >= 4 is 5.91 Å². The normalized spacial score (nSPS) is 12.5. The number of hydrogen-bond donors (Lipinski definition) is 2. The third-order valence-electron chi connectivity index (χ3n) is 4.60. The third-order valence-corrected chi connectivity index (χ3v) is 4.60. The summed E-state index contributed by atoms with van der Waals surface area (Å²) in [6.07, 6.45) is 0. The lowest BCUT2D eigenvalue weighted by Crippen LogP contribution is -2.31. The molecule has 0 aliphatic heterocycles. The Labute approximate surface area is 177 Å². The molecule has 1 atom stereocenters. The lowest BCUT2D eigenvalue weighted by molar-refractivity contribution is -0.0584. The maximum atomic E-state index is 14.6. The predicted molar refractivity (Wildman–Crippen MR) is 103 cm³/mol. The molecule has 0 fully saturated rings. The molecule has 0 saturated heterocycles. The second-order valence-electron chi connectivity index (χ2n) is 6.83. The monoisotopic (exact) mass is 453 g/mol. The number of nitrogens with zero attached hydrogens (tertiary/aromatic N) is 2. The van der Waals surface area contributed by atoms with Crippen LogP contribution in [-0.2, 0) is 5.92 Å². The van der Waals surface area contributed by atoms with E-state index in [1.165, 1.54) is 13.0 Å². The van der Waals surface area contributed by atoms with Gasteiger partial charge >= 0.3 is 0 Å². The molecule has 168 valence electrons. The van der Waals surface area contributed by atoms with Crippen LogP contribution in [0.15, 0.2) is 53.3 Å². The molecule has 0 aliphatic rings. The molecule has 32 heavy (non-hydrogen) atoms. The molecule has 2 aromatic carbocycles. The quantitative estimate of drug-likeness (QED) is 0.562. The van der Waals surface area contributed by atoms with E-state index in [-0.39, 0.29) is 5.56 Å². The molecule has 1 amide bonds. The second-order valence-corrected chi connectivity index (χ2v) is 6.83. The van der Waals surface area contributed by atoms with Gasteiger partial charge in [-0.25, -0.2) is 13.2 Å². The Kier molecular flexibility index (Phi) is 6.40. The van der Waals surface area contributed by atoms with Crippen molar-refractivity contribution in [2.24, 2.45) is 0 Å². The van der Waals surface area contributed by atoms with Crippen molar-refractivity contribution in [3.05, 3.63) is 93.2 Å². The number of rotatable bonds is 6. The topological polar surface area (TPSA) is 84.2 Å². The molecular formula is C21H16F5N3O3. The van der Waals surface area contributed by atoms with Crippen molar-refractivity contribution in [2.45, 2.75) is 18.9 Å². The number of alkyl halides is 2. The van der Waals surface area contributed by atoms with Crippen LogP contribution < -0.4 is 10.9 Å². The number of aliphatic hydroxyl groups is 1. The highest BCUT2D eigenvalue weighted by Crippen LogP contribution is 2.32. The predicted octanol–water partition coefficient (Wildman–Crippen LogP) is 3.22. The Morgan fingerprint density at radius 3 is 2.56 bits per heavy atom. The SMILES string of the molecule is C[C@@H](NC(=O)c1ccc(=O)n(-c2cc(F)ccc2F)n1)c1cccc(C(F)(F)CO)c1F. The fourth-order valence-corrected chi connectivity index (χ4v) is 2.95. The highest BCUT2D eigenvalue weighted by atomic mass is 19.3. The van der Waals surface area contributed by atoms with Gasteiger partial charge in [-0.2, -0.15) is 18.6 Å². The van der Waals surface area contributed by atoms with Crippen LogP contribution in [0.4, 0.5) is 22.0 Å². The Morgan fingerprint density at radius 2 is 1.88 bits per heavy atom. The number of hydrogen-bond acceptors (Lipinski definition) is 4. The van der Waals surface area contributed by atoms with Gasteiger partial charge in [0.25, 0.3) is 17.4 Å². The number of carbonyl (C=O) groups excluding carboxylic acids is 1. The number of carbonyl (C=O) groups is 1. The zero-order valence-corrected chi connectivity index (χ0v) is 16.5. The third kappa shape index (κ3) is 4.52. The van der Waals surface area contributed by atoms with Crippen molar-refractivity contribution < 1.29 is 31.9 Å². The first-order valence-electron chi connectivity index (χ1n) is 9.19. The minimum Gasteiger partial charge on any atom is -0.390 e. The Balaban J connectivity index is 1.91. The number of amides is 1. The van der Waals surface area contributed by atoms with Gasteiger partial charge in [-0.15, -0.1) is 0 Å². The van der Waals surface area contributed by atoms with E-state index < -0.39 is 64.4 Å². The maximum absolute atomic E-state index is 14.6. The number of nitrogens with one attached hydrogen (secondary N) is 1. The maximum Gasteiger partial charge on any atom is 0.298 e. The Hall–Kier alpha value is -3.60. The molecular weight excluding hydrogens is 437 g/mol. The van der Waals surface area contributed by atoms with E-state index in [1.807, 2.05) is 0 Å². The summed E-state index contributed by atoms with van der Waals surface area (Å²) >= 11 is 0. The van der Waals surface area contributed by atoms with Crippen LogP contribution in [0.3, 0.4) is 0 Å². The molecule has 6 nitrogen and oxygen atoms in total. The van der Waals surface area contributed by atoms with E-state index in [1.54, 1.807) is 0 Å². The van der Waals surface area contributed by atoms with Crippen LogP contribution >= 0.6 is 0 Å². The summed E-state index contributed by atoms with van der Waals surface area (Å²) in [7, 11) is 0. The van der Waals surface area contributed by atoms with Crippen molar-refractivity contribution in [1.29, 1.82) is 0 Å². The van der Waals surface area contributed by atoms with E-state index in [4.69, 9.17) is 5.11 Å². The average molecular weight is 453 g/mol. The van der Waals surface area contributed by atoms with Gasteiger partial charge in [0.2, 0.25) is 0 Å². The van der Waals surface area contributed by atoms with Gasteiger partial charge in [-0.3, -0.25) is 9.59 Å². The molecule has 0 aliphatic carbocycles. The van der Waals surface area contributed by atoms with Crippen LogP contribution in [0.5, 0.6) is 0 Å². The fourth-order valence-electron chi connectivity index (χ4n) is 2.95. The van der Waals surface area contributed by atoms with Gasteiger partial charge in [-0.05, 0) is 31.2 Å². The zero-order valence-electron chi connectivity index (χ0n) is 16.5. The number of aromatic nitrogens is 2. The molecule has 1 aromatic heterocycles. The minimum atomic E-state index is -3.82. The summed E-state index contributed by atoms with van der Waals surface area (Å²) in [4.78, 5) is 24.6. The lowest BCUT2D eigenvalue weighted by Gasteiger charge is -2.20. The van der Waals surface area contributed by atoms with Crippen molar-refractivity contribution in [3.63, 3.8) is 0 Å². The largest absolute Gasteiger partial charge is 0.390 e. The molecule has 1 heterocycles. The number of halogens is 5. The van der Waals surface area contributed by atoms with Gasteiger partial charge in [0, 0.05) is 17.7 Å². The molecule has 2 N–H and O–H groups in total. The van der Waals surface area contributed by atoms with Crippen molar-refractivity contribution in [3.8, 4) is 5.69 Å². The van der Waals surface area contributed by atoms with Gasteiger partial charge < -0.3 is 10.4 Å². The van der Waals surface area contributed by atoms with E-state index >= 15 is 0 Å². The van der Waals surface area contributed by atoms with E-state index in [9.17, 15) is 31.5 Å². The first-order chi connectivity index (χ1) is 15.0. The zero-order chi connectivity index (χ0) is 23.6. The minimum absolute atomic E-state index is 0.284. The van der Waals surface area contributed by atoms with Crippen LogP contribution in [0.2, 0.25) is 0 Å². The fraction of sp³-hybridized carbons (Fsp3) is 0.190. The Morgan fingerprint density at radius 1 is 1.16 bits per heavy atom. The summed E-state index contributed by atoms with van der Waals surface area (Å²) in [5.41, 5.74) is -3.08. The summed E-state index contributed by atoms with van der Waals surface area (Å²) < 4.78 is 70.1. The summed E-state index contributed by atoms with van der Waals surface area (Å²) in [5.74, 6) is -7.86. The summed E-state index contributed by atoms with van der Waals surface area (Å²) in [5, 5.41) is 14.9. The number of benzene rings is 2. The second kappa shape index (κ2) is 8.87. The van der Waals surface area contributed by atoms with E-state index in [0.717, 1.165) is 42.5 Å². The molecule has 0 bridgehead atoms. The first-order valence-corrected chi connectivity index (χ1v) is 9.19. The lowest BCUT2D eigenvalue weighted by atomic mass is 10.0. The van der Waals surface area contributed by atoms with E-state index in [0.29, 0.717) is 4.68 Å². The smallest absolute Gasteiger partial charge is 0.298 e. The average Bonchev–Trinajstić information content (AvgIpc) is 2.75. The highest BCUT2D eigenvalue weighted by Gasteiger charge is 2.35. The van der Waals surface area contributed by atoms with Crippen LogP contribution in [0.25, 0.3) is 5.69 Å². The molecule has 0 spiro atoms. The van der Waals surface area contributed by atoms with Gasteiger partial charge in [-0.1, -0.05) is 12.1 Å². The van der Waals surface area contributed by atoms with Gasteiger partial charge in [0.15, 0.2) is 0 Å². The summed E-state index contributed by atoms with van der Waals surface area (Å²) in [6.45, 7) is -0.282.